The Bertz CT molecular complexity index is 981. The lowest BCUT2D eigenvalue weighted by atomic mass is 9.71. The molecule has 0 saturated carbocycles. The molecule has 2 aromatic rings. The molecular formula is C29H38O5. The van der Waals surface area contributed by atoms with Crippen molar-refractivity contribution in [2.75, 3.05) is 6.61 Å². The van der Waals surface area contributed by atoms with Gasteiger partial charge in [-0.1, -0.05) is 31.5 Å². The van der Waals surface area contributed by atoms with Crippen LogP contribution >= 0.6 is 0 Å². The van der Waals surface area contributed by atoms with Crippen molar-refractivity contribution in [3.63, 3.8) is 0 Å². The van der Waals surface area contributed by atoms with E-state index in [9.17, 15) is 9.90 Å². The van der Waals surface area contributed by atoms with Crippen molar-refractivity contribution in [3.05, 3.63) is 59.2 Å². The van der Waals surface area contributed by atoms with Crippen LogP contribution in [0.1, 0.15) is 76.2 Å². The second-order valence-corrected chi connectivity index (χ2v) is 10.2. The molecule has 0 unspecified atom stereocenters. The highest BCUT2D eigenvalue weighted by Gasteiger charge is 2.51. The molecular weight excluding hydrogens is 428 g/mol. The molecule has 4 rings (SSSR count). The molecule has 5 nitrogen and oxygen atoms in total. The predicted molar refractivity (Wildman–Crippen MR) is 133 cm³/mol. The Morgan fingerprint density at radius 2 is 1.82 bits per heavy atom. The van der Waals surface area contributed by atoms with Gasteiger partial charge in [0.15, 0.2) is 0 Å². The molecule has 2 aliphatic heterocycles. The van der Waals surface area contributed by atoms with Crippen LogP contribution in [0.3, 0.4) is 0 Å². The van der Waals surface area contributed by atoms with Gasteiger partial charge in [-0.05, 0) is 88.3 Å². The zero-order chi connectivity index (χ0) is 24.3. The molecule has 0 amide bonds. The molecule has 2 aliphatic rings. The first kappa shape index (κ1) is 24.6. The predicted octanol–water partition coefficient (Wildman–Crippen LogP) is 6.38. The second-order valence-electron chi connectivity index (χ2n) is 10.2. The summed E-state index contributed by atoms with van der Waals surface area (Å²) in [5.41, 5.74) is 3.04. The average molecular weight is 467 g/mol. The zero-order valence-electron chi connectivity index (χ0n) is 20.9. The first-order chi connectivity index (χ1) is 16.3. The van der Waals surface area contributed by atoms with Gasteiger partial charge in [0.2, 0.25) is 0 Å². The van der Waals surface area contributed by atoms with Gasteiger partial charge in [0.25, 0.3) is 0 Å². The number of carbonyl (C=O) groups is 1. The standard InChI is InChI=1S/C29H38O5/c1-5-7-8-20-12-16-26-22(17-20)27-24(29(3,4)34-26)18-23(28(30)31)25(33-27)15-11-19-9-13-21(14-10-19)32-6-2/h9-10,12-14,16-17,23-25,27H,5-8,11,15,18H2,1-4H3,(H,30,31)/t23-,24-,25-,27+/m0/s1. The molecule has 184 valence electrons. The summed E-state index contributed by atoms with van der Waals surface area (Å²) in [6.07, 6.45) is 4.82. The first-order valence-corrected chi connectivity index (χ1v) is 12.7. The molecule has 0 aromatic heterocycles. The minimum atomic E-state index is -0.784. The number of aryl methyl sites for hydroxylation is 2. The van der Waals surface area contributed by atoms with Gasteiger partial charge in [0.1, 0.15) is 17.1 Å². The Kier molecular flexibility index (Phi) is 7.51. The van der Waals surface area contributed by atoms with E-state index in [0.29, 0.717) is 19.4 Å². The average Bonchev–Trinajstić information content (AvgIpc) is 2.82. The van der Waals surface area contributed by atoms with Crippen molar-refractivity contribution < 1.29 is 24.1 Å². The number of rotatable bonds is 9. The number of carboxylic acid groups (broad SMARTS) is 1. The Labute approximate surface area is 203 Å². The zero-order valence-corrected chi connectivity index (χ0v) is 20.9. The van der Waals surface area contributed by atoms with E-state index in [1.165, 1.54) is 5.56 Å². The Morgan fingerprint density at radius 1 is 1.09 bits per heavy atom. The van der Waals surface area contributed by atoms with Gasteiger partial charge in [0.05, 0.1) is 24.7 Å². The lowest BCUT2D eigenvalue weighted by molar-refractivity contribution is -0.188. The Balaban J connectivity index is 1.56. The fourth-order valence-electron chi connectivity index (χ4n) is 5.43. The molecule has 5 heteroatoms. The topological polar surface area (TPSA) is 65.0 Å². The van der Waals surface area contributed by atoms with Crippen LogP contribution in [0.15, 0.2) is 42.5 Å². The number of unbranched alkanes of at least 4 members (excludes halogenated alkanes) is 1. The number of aliphatic carboxylic acids is 1. The molecule has 1 N–H and O–H groups in total. The molecule has 1 saturated heterocycles. The molecule has 0 aliphatic carbocycles. The first-order valence-electron chi connectivity index (χ1n) is 12.7. The van der Waals surface area contributed by atoms with Crippen molar-refractivity contribution >= 4 is 5.97 Å². The summed E-state index contributed by atoms with van der Waals surface area (Å²) < 4.78 is 18.6. The SMILES string of the molecule is CCCCc1ccc2c(c1)[C@H]1O[C@@H](CCc3ccc(OCC)cc3)[C@@H](C(=O)O)C[C@@H]1C(C)(C)O2. The normalized spacial score (nSPS) is 25.1. The van der Waals surface area contributed by atoms with Crippen LogP contribution in [0.2, 0.25) is 0 Å². The summed E-state index contributed by atoms with van der Waals surface area (Å²) in [6.45, 7) is 8.92. The molecule has 2 aromatic carbocycles. The van der Waals surface area contributed by atoms with E-state index >= 15 is 0 Å². The monoisotopic (exact) mass is 466 g/mol. The van der Waals surface area contributed by atoms with E-state index < -0.39 is 17.5 Å². The fourth-order valence-corrected chi connectivity index (χ4v) is 5.43. The summed E-state index contributed by atoms with van der Waals surface area (Å²) in [6, 6.07) is 14.5. The van der Waals surface area contributed by atoms with Crippen LogP contribution in [-0.4, -0.2) is 29.4 Å². The molecule has 4 atom stereocenters. The minimum Gasteiger partial charge on any atom is -0.494 e. The molecule has 1 fully saturated rings. The van der Waals surface area contributed by atoms with Crippen LogP contribution in [0.4, 0.5) is 0 Å². The largest absolute Gasteiger partial charge is 0.494 e. The summed E-state index contributed by atoms with van der Waals surface area (Å²) in [4.78, 5) is 12.3. The maximum atomic E-state index is 12.3. The third-order valence-corrected chi connectivity index (χ3v) is 7.38. The van der Waals surface area contributed by atoms with Crippen molar-refractivity contribution in [1.29, 1.82) is 0 Å². The maximum absolute atomic E-state index is 12.3. The van der Waals surface area contributed by atoms with Crippen LogP contribution < -0.4 is 9.47 Å². The highest BCUT2D eigenvalue weighted by molar-refractivity contribution is 5.71. The lowest BCUT2D eigenvalue weighted by Gasteiger charge is -2.50. The van der Waals surface area contributed by atoms with Crippen LogP contribution in [-0.2, 0) is 22.4 Å². The van der Waals surface area contributed by atoms with Crippen molar-refractivity contribution in [3.8, 4) is 11.5 Å². The lowest BCUT2D eigenvalue weighted by Crippen LogP contribution is -2.52. The van der Waals surface area contributed by atoms with E-state index in [4.69, 9.17) is 14.2 Å². The number of benzene rings is 2. The third kappa shape index (κ3) is 5.25. The molecule has 34 heavy (non-hydrogen) atoms. The van der Waals surface area contributed by atoms with Crippen LogP contribution in [0, 0.1) is 11.8 Å². The number of carboxylic acids is 1. The number of hydrogen-bond donors (Lipinski definition) is 1. The molecule has 2 heterocycles. The molecule has 0 bridgehead atoms. The van der Waals surface area contributed by atoms with Crippen LogP contribution in [0.25, 0.3) is 0 Å². The quantitative estimate of drug-likeness (QED) is 0.465. The smallest absolute Gasteiger partial charge is 0.309 e. The van der Waals surface area contributed by atoms with E-state index in [0.717, 1.165) is 48.3 Å². The maximum Gasteiger partial charge on any atom is 0.309 e. The number of hydrogen-bond acceptors (Lipinski definition) is 4. The van der Waals surface area contributed by atoms with Gasteiger partial charge in [-0.25, -0.2) is 0 Å². The summed E-state index contributed by atoms with van der Waals surface area (Å²) in [7, 11) is 0. The summed E-state index contributed by atoms with van der Waals surface area (Å²) >= 11 is 0. The Hall–Kier alpha value is -2.53. The minimum absolute atomic E-state index is 0.00995. The van der Waals surface area contributed by atoms with E-state index in [1.807, 2.05) is 19.1 Å². The van der Waals surface area contributed by atoms with Crippen molar-refractivity contribution in [2.45, 2.75) is 84.0 Å². The van der Waals surface area contributed by atoms with Gasteiger partial charge in [0, 0.05) is 11.5 Å². The van der Waals surface area contributed by atoms with E-state index in [1.54, 1.807) is 0 Å². The fraction of sp³-hybridized carbons (Fsp3) is 0.552. The van der Waals surface area contributed by atoms with Gasteiger partial charge in [-0.15, -0.1) is 0 Å². The number of ether oxygens (including phenoxy) is 3. The highest BCUT2D eigenvalue weighted by atomic mass is 16.5. The number of fused-ring (bicyclic) bond motifs is 3. The molecule has 0 radical (unpaired) electrons. The third-order valence-electron chi connectivity index (χ3n) is 7.38. The summed E-state index contributed by atoms with van der Waals surface area (Å²) in [5.74, 6) is 0.381. The van der Waals surface area contributed by atoms with Gasteiger partial charge >= 0.3 is 5.97 Å². The Morgan fingerprint density at radius 3 is 2.50 bits per heavy atom. The van der Waals surface area contributed by atoms with Crippen molar-refractivity contribution in [2.24, 2.45) is 11.8 Å². The summed E-state index contributed by atoms with van der Waals surface area (Å²) in [5, 5.41) is 10.1. The van der Waals surface area contributed by atoms with Crippen LogP contribution in [0.5, 0.6) is 11.5 Å². The second kappa shape index (κ2) is 10.4. The van der Waals surface area contributed by atoms with Gasteiger partial charge < -0.3 is 19.3 Å². The van der Waals surface area contributed by atoms with E-state index in [2.05, 4.69) is 51.1 Å². The molecule has 0 spiro atoms. The van der Waals surface area contributed by atoms with E-state index in [-0.39, 0.29) is 18.1 Å². The van der Waals surface area contributed by atoms with Crippen molar-refractivity contribution in [1.82, 2.24) is 0 Å². The van der Waals surface area contributed by atoms with Gasteiger partial charge in [-0.3, -0.25) is 4.79 Å². The van der Waals surface area contributed by atoms with Gasteiger partial charge in [-0.2, -0.15) is 0 Å². The highest BCUT2D eigenvalue weighted by Crippen LogP contribution is 2.52.